The van der Waals surface area contributed by atoms with Crippen molar-refractivity contribution < 1.29 is 9.53 Å². The number of hydrogen-bond donors (Lipinski definition) is 0. The maximum absolute atomic E-state index is 13.4. The van der Waals surface area contributed by atoms with Crippen LogP contribution in [0.3, 0.4) is 0 Å². The molecule has 0 N–H and O–H groups in total. The Balaban J connectivity index is 0. The molecule has 1 heterocycles. The first-order valence-corrected chi connectivity index (χ1v) is 11.7. The highest BCUT2D eigenvalue weighted by Gasteiger charge is 2.37. The van der Waals surface area contributed by atoms with Gasteiger partial charge in [0.15, 0.2) is 0 Å². The van der Waals surface area contributed by atoms with Gasteiger partial charge in [-0.3, -0.25) is 4.79 Å². The fourth-order valence-electron chi connectivity index (χ4n) is 3.14. The second-order valence-corrected chi connectivity index (χ2v) is 9.75. The van der Waals surface area contributed by atoms with Gasteiger partial charge in [-0.15, -0.1) is 0 Å². The van der Waals surface area contributed by atoms with E-state index in [4.69, 9.17) is 4.74 Å². The summed E-state index contributed by atoms with van der Waals surface area (Å²) in [5.41, 5.74) is 1.86. The lowest BCUT2D eigenvalue weighted by molar-refractivity contribution is -0.127. The Labute approximate surface area is 183 Å². The van der Waals surface area contributed by atoms with Crippen LogP contribution in [0.2, 0.25) is 0 Å². The molecule has 29 heavy (non-hydrogen) atoms. The molecule has 3 heteroatoms. The van der Waals surface area contributed by atoms with Crippen LogP contribution in [0.4, 0.5) is 0 Å². The van der Waals surface area contributed by atoms with Gasteiger partial charge in [0, 0.05) is 17.9 Å². The van der Waals surface area contributed by atoms with Gasteiger partial charge in [-0.1, -0.05) is 90.0 Å². The van der Waals surface area contributed by atoms with Crippen molar-refractivity contribution in [3.05, 3.63) is 22.8 Å². The number of ether oxygens (including phenoxy) is 1. The number of hydrogen-bond acceptors (Lipinski definition) is 2. The third-order valence-electron chi connectivity index (χ3n) is 4.14. The molecule has 1 amide bonds. The quantitative estimate of drug-likeness (QED) is 0.460. The number of carbonyl (C=O) groups excluding carboxylic acids is 1. The molecular formula is C26H51NO2. The summed E-state index contributed by atoms with van der Waals surface area (Å²) >= 11 is 0. The molecule has 0 aromatic carbocycles. The minimum atomic E-state index is 0.109. The van der Waals surface area contributed by atoms with E-state index in [1.54, 1.807) is 0 Å². The van der Waals surface area contributed by atoms with Crippen LogP contribution >= 0.6 is 0 Å². The molecule has 0 aromatic rings. The van der Waals surface area contributed by atoms with Gasteiger partial charge in [-0.2, -0.15) is 0 Å². The topological polar surface area (TPSA) is 29.5 Å². The molecule has 1 rings (SSSR count). The minimum absolute atomic E-state index is 0.109. The standard InChI is InChI=1S/C20H35NO2.C4H10.C2H6/c1-11(2)16-18(13(5)6)23-19(14(7)8)17(12(3)4)21(15(9)10)20(16)22;1-4(2)3;1-2/h11-15H,1-10H3;4H,1-3H3;1-2H3. The normalized spacial score (nSPS) is 15.2. The van der Waals surface area contributed by atoms with Crippen LogP contribution in [-0.4, -0.2) is 16.8 Å². The Morgan fingerprint density at radius 2 is 1.00 bits per heavy atom. The van der Waals surface area contributed by atoms with Gasteiger partial charge in [0.2, 0.25) is 0 Å². The lowest BCUT2D eigenvalue weighted by atomic mass is 9.94. The summed E-state index contributed by atoms with van der Waals surface area (Å²) in [4.78, 5) is 15.3. The average molecular weight is 410 g/mol. The summed E-state index contributed by atoms with van der Waals surface area (Å²) in [6.07, 6.45) is 0. The van der Waals surface area contributed by atoms with Crippen molar-refractivity contribution in [3.63, 3.8) is 0 Å². The van der Waals surface area contributed by atoms with Crippen molar-refractivity contribution in [3.8, 4) is 0 Å². The van der Waals surface area contributed by atoms with E-state index in [0.29, 0.717) is 0 Å². The van der Waals surface area contributed by atoms with Crippen LogP contribution in [0.1, 0.15) is 104 Å². The summed E-state index contributed by atoms with van der Waals surface area (Å²) in [5.74, 6) is 3.53. The largest absolute Gasteiger partial charge is 0.463 e. The van der Waals surface area contributed by atoms with Gasteiger partial charge >= 0.3 is 0 Å². The second kappa shape index (κ2) is 13.9. The van der Waals surface area contributed by atoms with E-state index in [0.717, 1.165) is 28.7 Å². The number of amides is 1. The fourth-order valence-corrected chi connectivity index (χ4v) is 3.14. The molecule has 0 fully saturated rings. The van der Waals surface area contributed by atoms with Crippen molar-refractivity contribution in [2.45, 2.75) is 110 Å². The third kappa shape index (κ3) is 8.97. The molecule has 0 aliphatic carbocycles. The Morgan fingerprint density at radius 1 is 0.621 bits per heavy atom. The molecule has 0 bridgehead atoms. The van der Waals surface area contributed by atoms with Crippen LogP contribution in [0, 0.1) is 29.6 Å². The van der Waals surface area contributed by atoms with Crippen molar-refractivity contribution in [1.29, 1.82) is 0 Å². The number of nitrogens with zero attached hydrogens (tertiary/aromatic N) is 1. The predicted octanol–water partition coefficient (Wildman–Crippen LogP) is 8.03. The van der Waals surface area contributed by atoms with Crippen LogP contribution in [0.25, 0.3) is 0 Å². The summed E-state index contributed by atoms with van der Waals surface area (Å²) < 4.78 is 6.43. The van der Waals surface area contributed by atoms with E-state index in [1.165, 1.54) is 0 Å². The van der Waals surface area contributed by atoms with Gasteiger partial charge in [0.25, 0.3) is 5.91 Å². The fraction of sp³-hybridized carbons (Fsp3) is 0.808. The number of rotatable bonds is 5. The molecule has 0 radical (unpaired) electrons. The first kappa shape index (κ1) is 29.9. The maximum atomic E-state index is 13.4. The number of allylic oxidation sites excluding steroid dienone is 3. The molecule has 0 saturated carbocycles. The maximum Gasteiger partial charge on any atom is 0.257 e. The zero-order valence-electron chi connectivity index (χ0n) is 22.2. The minimum Gasteiger partial charge on any atom is -0.463 e. The molecule has 0 aromatic heterocycles. The second-order valence-electron chi connectivity index (χ2n) is 9.75. The first-order chi connectivity index (χ1) is 13.2. The van der Waals surface area contributed by atoms with Gasteiger partial charge < -0.3 is 9.64 Å². The van der Waals surface area contributed by atoms with Crippen molar-refractivity contribution >= 4 is 5.91 Å². The molecule has 172 valence electrons. The molecule has 1 aliphatic rings. The average Bonchev–Trinajstić information content (AvgIpc) is 2.70. The zero-order chi connectivity index (χ0) is 23.6. The molecule has 0 unspecified atom stereocenters. The molecule has 1 aliphatic heterocycles. The van der Waals surface area contributed by atoms with Crippen LogP contribution in [0.15, 0.2) is 22.8 Å². The molecule has 0 atom stereocenters. The highest BCUT2D eigenvalue weighted by molar-refractivity contribution is 5.96. The zero-order valence-corrected chi connectivity index (χ0v) is 22.2. The first-order valence-electron chi connectivity index (χ1n) is 11.7. The third-order valence-corrected chi connectivity index (χ3v) is 4.14. The monoisotopic (exact) mass is 409 g/mol. The summed E-state index contributed by atoms with van der Waals surface area (Å²) in [6.45, 7) is 31.6. The van der Waals surface area contributed by atoms with E-state index in [2.05, 4.69) is 90.0 Å². The molecular weight excluding hydrogens is 358 g/mol. The van der Waals surface area contributed by atoms with Gasteiger partial charge in [-0.25, -0.2) is 0 Å². The van der Waals surface area contributed by atoms with Crippen molar-refractivity contribution in [2.24, 2.45) is 29.6 Å². The van der Waals surface area contributed by atoms with Gasteiger partial charge in [0.05, 0.1) is 11.3 Å². The van der Waals surface area contributed by atoms with Gasteiger partial charge in [0.1, 0.15) is 11.5 Å². The van der Waals surface area contributed by atoms with Crippen molar-refractivity contribution in [1.82, 2.24) is 4.90 Å². The molecule has 0 saturated heterocycles. The Kier molecular flexibility index (Phi) is 14.3. The van der Waals surface area contributed by atoms with Gasteiger partial charge in [-0.05, 0) is 31.6 Å². The van der Waals surface area contributed by atoms with E-state index in [-0.39, 0.29) is 35.6 Å². The highest BCUT2D eigenvalue weighted by atomic mass is 16.5. The van der Waals surface area contributed by atoms with Crippen molar-refractivity contribution in [2.75, 3.05) is 0 Å². The lowest BCUT2D eigenvalue weighted by Crippen LogP contribution is -2.40. The van der Waals surface area contributed by atoms with Crippen LogP contribution in [-0.2, 0) is 9.53 Å². The Morgan fingerprint density at radius 3 is 1.24 bits per heavy atom. The molecule has 3 nitrogen and oxygen atoms in total. The van der Waals surface area contributed by atoms with Crippen LogP contribution < -0.4 is 0 Å². The Hall–Kier alpha value is -1.25. The predicted molar refractivity (Wildman–Crippen MR) is 128 cm³/mol. The smallest absolute Gasteiger partial charge is 0.257 e. The summed E-state index contributed by atoms with van der Waals surface area (Å²) in [5, 5.41) is 0. The van der Waals surface area contributed by atoms with Crippen LogP contribution in [0.5, 0.6) is 0 Å². The van der Waals surface area contributed by atoms with E-state index < -0.39 is 0 Å². The van der Waals surface area contributed by atoms with E-state index >= 15 is 0 Å². The summed E-state index contributed by atoms with van der Waals surface area (Å²) in [7, 11) is 0. The lowest BCUT2D eigenvalue weighted by Gasteiger charge is -2.33. The van der Waals surface area contributed by atoms with E-state index in [1.807, 2.05) is 18.7 Å². The Bertz CT molecular complexity index is 546. The summed E-state index contributed by atoms with van der Waals surface area (Å²) in [6, 6.07) is 0.109. The SMILES string of the molecule is CC.CC(C)C.CC(C)C1=C(C(C)C)C(=O)N(C(C)C)C(C(C)C)=C(C(C)C)O1. The van der Waals surface area contributed by atoms with E-state index in [9.17, 15) is 4.79 Å². The number of carbonyl (C=O) groups is 1. The molecule has 0 spiro atoms. The highest BCUT2D eigenvalue weighted by Crippen LogP contribution is 2.38.